The third-order valence-corrected chi connectivity index (χ3v) is 4.75. The van der Waals surface area contributed by atoms with E-state index in [1.165, 1.54) is 0 Å². The standard InChI is InChI=1S/C17H16BrClO2/c1-10-3-6-16-12(7-10)15(20)9-17(2,21-16)13-5-4-11(18)8-14(13)19/h3-8,15,20H,9H2,1-2H3/t15-,17?/m1/s1. The summed E-state index contributed by atoms with van der Waals surface area (Å²) in [4.78, 5) is 0. The van der Waals surface area contributed by atoms with Crippen LogP contribution >= 0.6 is 27.5 Å². The molecule has 0 aliphatic carbocycles. The maximum absolute atomic E-state index is 10.5. The number of hydrogen-bond acceptors (Lipinski definition) is 2. The maximum atomic E-state index is 10.5. The summed E-state index contributed by atoms with van der Waals surface area (Å²) in [6, 6.07) is 11.6. The molecule has 2 nitrogen and oxygen atoms in total. The van der Waals surface area contributed by atoms with Crippen LogP contribution in [0.2, 0.25) is 5.02 Å². The topological polar surface area (TPSA) is 29.5 Å². The van der Waals surface area contributed by atoms with E-state index < -0.39 is 11.7 Å². The molecular formula is C17H16BrClO2. The van der Waals surface area contributed by atoms with Crippen LogP contribution in [-0.4, -0.2) is 5.11 Å². The van der Waals surface area contributed by atoms with Crippen molar-refractivity contribution < 1.29 is 9.84 Å². The summed E-state index contributed by atoms with van der Waals surface area (Å²) in [7, 11) is 0. The fourth-order valence-corrected chi connectivity index (χ4v) is 3.74. The van der Waals surface area contributed by atoms with Gasteiger partial charge < -0.3 is 9.84 Å². The van der Waals surface area contributed by atoms with Crippen molar-refractivity contribution in [2.24, 2.45) is 0 Å². The van der Waals surface area contributed by atoms with Gasteiger partial charge in [0.1, 0.15) is 11.4 Å². The molecule has 0 bridgehead atoms. The third-order valence-electron chi connectivity index (χ3n) is 3.94. The monoisotopic (exact) mass is 366 g/mol. The Labute approximate surface area is 137 Å². The van der Waals surface area contributed by atoms with Gasteiger partial charge in [0.15, 0.2) is 0 Å². The molecule has 2 atom stereocenters. The van der Waals surface area contributed by atoms with E-state index in [0.717, 1.165) is 26.9 Å². The lowest BCUT2D eigenvalue weighted by Crippen LogP contribution is -2.36. The van der Waals surface area contributed by atoms with Crippen LogP contribution in [0.3, 0.4) is 0 Å². The predicted octanol–water partition coefficient (Wildman–Crippen LogP) is 5.14. The highest BCUT2D eigenvalue weighted by Gasteiger charge is 2.39. The Kier molecular flexibility index (Phi) is 3.76. The van der Waals surface area contributed by atoms with Crippen molar-refractivity contribution in [1.82, 2.24) is 0 Å². The number of aliphatic hydroxyl groups excluding tert-OH is 1. The Bertz CT molecular complexity index is 701. The van der Waals surface area contributed by atoms with Crippen LogP contribution < -0.4 is 4.74 Å². The summed E-state index contributed by atoms with van der Waals surface area (Å²) in [5, 5.41) is 11.1. The second-order valence-electron chi connectivity index (χ2n) is 5.72. The molecule has 21 heavy (non-hydrogen) atoms. The molecule has 1 aliphatic rings. The van der Waals surface area contributed by atoms with Crippen LogP contribution in [0.5, 0.6) is 5.75 Å². The summed E-state index contributed by atoms with van der Waals surface area (Å²) in [6.45, 7) is 3.97. The summed E-state index contributed by atoms with van der Waals surface area (Å²) in [5.74, 6) is 0.723. The molecule has 1 unspecified atom stereocenters. The molecule has 0 saturated carbocycles. The van der Waals surface area contributed by atoms with E-state index in [9.17, 15) is 5.11 Å². The number of hydrogen-bond donors (Lipinski definition) is 1. The van der Waals surface area contributed by atoms with Crippen molar-refractivity contribution in [3.63, 3.8) is 0 Å². The van der Waals surface area contributed by atoms with Crippen molar-refractivity contribution in [3.05, 3.63) is 62.6 Å². The zero-order valence-electron chi connectivity index (χ0n) is 11.9. The van der Waals surface area contributed by atoms with Crippen LogP contribution in [0.25, 0.3) is 0 Å². The van der Waals surface area contributed by atoms with Gasteiger partial charge in [0.05, 0.1) is 6.10 Å². The molecule has 4 heteroatoms. The maximum Gasteiger partial charge on any atom is 0.135 e. The van der Waals surface area contributed by atoms with Crippen molar-refractivity contribution in [2.45, 2.75) is 32.0 Å². The van der Waals surface area contributed by atoms with Gasteiger partial charge in [-0.25, -0.2) is 0 Å². The SMILES string of the molecule is Cc1ccc2c(c1)[C@H](O)CC(C)(c1ccc(Br)cc1Cl)O2. The summed E-state index contributed by atoms with van der Waals surface area (Å²) in [5.41, 5.74) is 2.21. The molecule has 1 aliphatic heterocycles. The molecular weight excluding hydrogens is 352 g/mol. The average Bonchev–Trinajstić information content (AvgIpc) is 2.39. The third kappa shape index (κ3) is 2.70. The largest absolute Gasteiger partial charge is 0.482 e. The first-order chi connectivity index (χ1) is 9.89. The Morgan fingerprint density at radius 2 is 2.05 bits per heavy atom. The van der Waals surface area contributed by atoms with Gasteiger partial charge in [0.2, 0.25) is 0 Å². The number of aliphatic hydroxyl groups is 1. The van der Waals surface area contributed by atoms with E-state index in [4.69, 9.17) is 16.3 Å². The Morgan fingerprint density at radius 3 is 2.76 bits per heavy atom. The number of benzene rings is 2. The van der Waals surface area contributed by atoms with Crippen molar-refractivity contribution in [3.8, 4) is 5.75 Å². The van der Waals surface area contributed by atoms with Crippen LogP contribution in [0.1, 0.15) is 36.1 Å². The highest BCUT2D eigenvalue weighted by Crippen LogP contribution is 2.46. The fraction of sp³-hybridized carbons (Fsp3) is 0.294. The normalized spacial score (nSPS) is 24.3. The number of rotatable bonds is 1. The van der Waals surface area contributed by atoms with Gasteiger partial charge in [0, 0.05) is 27.0 Å². The highest BCUT2D eigenvalue weighted by atomic mass is 79.9. The first kappa shape index (κ1) is 14.9. The predicted molar refractivity (Wildman–Crippen MR) is 87.9 cm³/mol. The lowest BCUT2D eigenvalue weighted by molar-refractivity contribution is -0.00482. The van der Waals surface area contributed by atoms with Gasteiger partial charge in [0.25, 0.3) is 0 Å². The molecule has 0 radical (unpaired) electrons. The molecule has 1 N–H and O–H groups in total. The first-order valence-electron chi connectivity index (χ1n) is 6.82. The molecule has 2 aromatic rings. The van der Waals surface area contributed by atoms with Crippen molar-refractivity contribution in [2.75, 3.05) is 0 Å². The van der Waals surface area contributed by atoms with Crippen molar-refractivity contribution in [1.29, 1.82) is 0 Å². The van der Waals surface area contributed by atoms with E-state index in [2.05, 4.69) is 15.9 Å². The Balaban J connectivity index is 2.06. The van der Waals surface area contributed by atoms with Crippen LogP contribution in [0, 0.1) is 6.92 Å². The highest BCUT2D eigenvalue weighted by molar-refractivity contribution is 9.10. The zero-order valence-corrected chi connectivity index (χ0v) is 14.2. The molecule has 0 fully saturated rings. The summed E-state index contributed by atoms with van der Waals surface area (Å²) >= 11 is 9.77. The fourth-order valence-electron chi connectivity index (χ4n) is 2.87. The molecule has 0 amide bonds. The van der Waals surface area contributed by atoms with Crippen LogP contribution in [0.15, 0.2) is 40.9 Å². The van der Waals surface area contributed by atoms with E-state index >= 15 is 0 Å². The number of halogens is 2. The average molecular weight is 368 g/mol. The van der Waals surface area contributed by atoms with Gasteiger partial charge in [-0.15, -0.1) is 0 Å². The molecule has 0 spiro atoms. The Hall–Kier alpha value is -1.03. The van der Waals surface area contributed by atoms with E-state index in [1.54, 1.807) is 0 Å². The van der Waals surface area contributed by atoms with E-state index in [0.29, 0.717) is 11.4 Å². The van der Waals surface area contributed by atoms with Crippen molar-refractivity contribution >= 4 is 27.5 Å². The quantitative estimate of drug-likeness (QED) is 0.756. The van der Waals surface area contributed by atoms with Gasteiger partial charge in [-0.05, 0) is 38.1 Å². The molecule has 0 aromatic heterocycles. The summed E-state index contributed by atoms with van der Waals surface area (Å²) in [6.07, 6.45) is -0.0801. The van der Waals surface area contributed by atoms with E-state index in [1.807, 2.05) is 50.2 Å². The second kappa shape index (κ2) is 5.31. The summed E-state index contributed by atoms with van der Waals surface area (Å²) < 4.78 is 7.12. The number of ether oxygens (including phenoxy) is 1. The lowest BCUT2D eigenvalue weighted by atomic mass is 9.84. The minimum atomic E-state index is -0.639. The molecule has 110 valence electrons. The van der Waals surface area contributed by atoms with Gasteiger partial charge in [-0.3, -0.25) is 0 Å². The van der Waals surface area contributed by atoms with Gasteiger partial charge in [-0.2, -0.15) is 0 Å². The van der Waals surface area contributed by atoms with Crippen LogP contribution in [-0.2, 0) is 5.60 Å². The lowest BCUT2D eigenvalue weighted by Gasteiger charge is -2.39. The van der Waals surface area contributed by atoms with E-state index in [-0.39, 0.29) is 0 Å². The van der Waals surface area contributed by atoms with Gasteiger partial charge in [-0.1, -0.05) is 45.2 Å². The molecule has 0 saturated heterocycles. The smallest absolute Gasteiger partial charge is 0.135 e. The molecule has 3 rings (SSSR count). The molecule has 1 heterocycles. The minimum Gasteiger partial charge on any atom is -0.482 e. The van der Waals surface area contributed by atoms with Gasteiger partial charge >= 0.3 is 0 Å². The first-order valence-corrected chi connectivity index (χ1v) is 7.99. The number of aryl methyl sites for hydroxylation is 1. The van der Waals surface area contributed by atoms with Crippen LogP contribution in [0.4, 0.5) is 0 Å². The second-order valence-corrected chi connectivity index (χ2v) is 7.04. The molecule has 2 aromatic carbocycles. The zero-order chi connectivity index (χ0) is 15.2. The number of fused-ring (bicyclic) bond motifs is 1. The minimum absolute atomic E-state index is 0.477. The Morgan fingerprint density at radius 1 is 1.29 bits per heavy atom.